The van der Waals surface area contributed by atoms with Gasteiger partial charge in [-0.05, 0) is 6.42 Å². The fourth-order valence-electron chi connectivity index (χ4n) is 1.55. The van der Waals surface area contributed by atoms with Crippen LogP contribution in [-0.4, -0.2) is 63.9 Å². The Labute approximate surface area is 102 Å². The predicted molar refractivity (Wildman–Crippen MR) is 62.3 cm³/mol. The van der Waals surface area contributed by atoms with Crippen molar-refractivity contribution in [3.05, 3.63) is 0 Å². The fraction of sp³-hybridized carbons (Fsp3) is 1.00. The van der Waals surface area contributed by atoms with Crippen LogP contribution in [-0.2, 0) is 19.5 Å². The van der Waals surface area contributed by atoms with E-state index in [4.69, 9.17) is 21.1 Å². The molecule has 0 bridgehead atoms. The minimum atomic E-state index is -3.18. The van der Waals surface area contributed by atoms with E-state index in [2.05, 4.69) is 0 Å². The number of sulfonamides is 1. The van der Waals surface area contributed by atoms with Crippen LogP contribution >= 0.6 is 11.6 Å². The van der Waals surface area contributed by atoms with Crippen molar-refractivity contribution < 1.29 is 17.9 Å². The molecule has 0 spiro atoms. The number of nitrogens with zero attached hydrogens (tertiary/aromatic N) is 1. The maximum atomic E-state index is 11.9. The van der Waals surface area contributed by atoms with Crippen LogP contribution in [0.4, 0.5) is 0 Å². The van der Waals surface area contributed by atoms with E-state index in [1.165, 1.54) is 4.31 Å². The normalized spacial score (nSPS) is 23.5. The lowest BCUT2D eigenvalue weighted by atomic mass is 10.3. The summed E-state index contributed by atoms with van der Waals surface area (Å²) in [6.45, 7) is 1.66. The van der Waals surface area contributed by atoms with Crippen molar-refractivity contribution in [1.82, 2.24) is 4.31 Å². The zero-order valence-corrected chi connectivity index (χ0v) is 11.0. The number of rotatable bonds is 6. The standard InChI is InChI=1S/C9H18ClNO4S/c1-14-4-2-6-16(12,13)11-3-5-15-9(7-10)8-11/h9H,2-8H2,1H3. The number of ether oxygens (including phenoxy) is 2. The molecule has 1 fully saturated rings. The van der Waals surface area contributed by atoms with Crippen LogP contribution in [0.25, 0.3) is 0 Å². The van der Waals surface area contributed by atoms with E-state index in [1.807, 2.05) is 0 Å². The molecule has 1 heterocycles. The Bertz CT molecular complexity index is 296. The van der Waals surface area contributed by atoms with Crippen molar-refractivity contribution >= 4 is 21.6 Å². The van der Waals surface area contributed by atoms with Crippen LogP contribution in [0.2, 0.25) is 0 Å². The number of hydrogen-bond donors (Lipinski definition) is 0. The highest BCUT2D eigenvalue weighted by molar-refractivity contribution is 7.89. The first kappa shape index (κ1) is 14.2. The summed E-state index contributed by atoms with van der Waals surface area (Å²) < 4.78 is 35.4. The molecule has 0 N–H and O–H groups in total. The van der Waals surface area contributed by atoms with E-state index in [0.29, 0.717) is 38.6 Å². The molecule has 1 saturated heterocycles. The van der Waals surface area contributed by atoms with Crippen molar-refractivity contribution in [2.75, 3.05) is 45.0 Å². The number of hydrogen-bond acceptors (Lipinski definition) is 4. The van der Waals surface area contributed by atoms with Crippen LogP contribution in [0, 0.1) is 0 Å². The highest BCUT2D eigenvalue weighted by atomic mass is 35.5. The molecule has 5 nitrogen and oxygen atoms in total. The fourth-order valence-corrected chi connectivity index (χ4v) is 3.23. The minimum Gasteiger partial charge on any atom is -0.385 e. The lowest BCUT2D eigenvalue weighted by Gasteiger charge is -2.31. The second-order valence-electron chi connectivity index (χ2n) is 3.67. The Balaban J connectivity index is 2.47. The summed E-state index contributed by atoms with van der Waals surface area (Å²) in [5, 5.41) is 0. The van der Waals surface area contributed by atoms with Crippen LogP contribution in [0.3, 0.4) is 0 Å². The van der Waals surface area contributed by atoms with E-state index in [9.17, 15) is 8.42 Å². The maximum Gasteiger partial charge on any atom is 0.214 e. The monoisotopic (exact) mass is 271 g/mol. The summed E-state index contributed by atoms with van der Waals surface area (Å²) in [5.41, 5.74) is 0. The predicted octanol–water partition coefficient (Wildman–Crippen LogP) is 0.292. The van der Waals surface area contributed by atoms with Crippen LogP contribution in [0.5, 0.6) is 0 Å². The maximum absolute atomic E-state index is 11.9. The molecule has 0 saturated carbocycles. The van der Waals surface area contributed by atoms with Crippen molar-refractivity contribution in [2.45, 2.75) is 12.5 Å². The van der Waals surface area contributed by atoms with Crippen molar-refractivity contribution in [2.24, 2.45) is 0 Å². The van der Waals surface area contributed by atoms with Gasteiger partial charge in [0.2, 0.25) is 10.0 Å². The molecule has 0 amide bonds. The van der Waals surface area contributed by atoms with Gasteiger partial charge in [-0.15, -0.1) is 11.6 Å². The topological polar surface area (TPSA) is 55.8 Å². The summed E-state index contributed by atoms with van der Waals surface area (Å²) in [7, 11) is -1.62. The summed E-state index contributed by atoms with van der Waals surface area (Å²) in [5.74, 6) is 0.444. The Hall–Kier alpha value is 0.120. The molecule has 1 unspecified atom stereocenters. The average Bonchev–Trinajstić information content (AvgIpc) is 2.29. The molecular weight excluding hydrogens is 254 g/mol. The van der Waals surface area contributed by atoms with Gasteiger partial charge in [-0.1, -0.05) is 0 Å². The molecule has 0 aromatic heterocycles. The highest BCUT2D eigenvalue weighted by Gasteiger charge is 2.28. The summed E-state index contributed by atoms with van der Waals surface area (Å²) in [6.07, 6.45) is 0.328. The summed E-state index contributed by atoms with van der Waals surface area (Å²) in [4.78, 5) is 0. The number of morpholine rings is 1. The molecule has 1 aliphatic rings. The van der Waals surface area contributed by atoms with Gasteiger partial charge in [0.25, 0.3) is 0 Å². The number of halogens is 1. The number of methoxy groups -OCH3 is 1. The van der Waals surface area contributed by atoms with Gasteiger partial charge in [-0.25, -0.2) is 8.42 Å². The van der Waals surface area contributed by atoms with E-state index in [1.54, 1.807) is 7.11 Å². The first-order valence-electron chi connectivity index (χ1n) is 5.24. The lowest BCUT2D eigenvalue weighted by molar-refractivity contribution is 0.0122. The Morgan fingerprint density at radius 1 is 1.56 bits per heavy atom. The molecule has 16 heavy (non-hydrogen) atoms. The van der Waals surface area contributed by atoms with E-state index in [-0.39, 0.29) is 11.9 Å². The molecule has 0 aromatic carbocycles. The zero-order valence-electron chi connectivity index (χ0n) is 9.39. The lowest BCUT2D eigenvalue weighted by Crippen LogP contribution is -2.47. The Morgan fingerprint density at radius 3 is 2.94 bits per heavy atom. The zero-order chi connectivity index (χ0) is 12.0. The van der Waals surface area contributed by atoms with Gasteiger partial charge in [0.05, 0.1) is 18.5 Å². The third kappa shape index (κ3) is 4.18. The summed E-state index contributed by atoms with van der Waals surface area (Å²) >= 11 is 5.66. The van der Waals surface area contributed by atoms with Gasteiger partial charge in [0, 0.05) is 32.7 Å². The quantitative estimate of drug-likeness (QED) is 0.515. The van der Waals surface area contributed by atoms with Gasteiger partial charge < -0.3 is 9.47 Å². The van der Waals surface area contributed by atoms with Gasteiger partial charge >= 0.3 is 0 Å². The van der Waals surface area contributed by atoms with Crippen LogP contribution < -0.4 is 0 Å². The minimum absolute atomic E-state index is 0.121. The van der Waals surface area contributed by atoms with Crippen LogP contribution in [0.1, 0.15) is 6.42 Å². The SMILES string of the molecule is COCCCS(=O)(=O)N1CCOC(CCl)C1. The van der Waals surface area contributed by atoms with Gasteiger partial charge in [-0.3, -0.25) is 0 Å². The third-order valence-electron chi connectivity index (χ3n) is 2.42. The summed E-state index contributed by atoms with van der Waals surface area (Å²) in [6, 6.07) is 0. The van der Waals surface area contributed by atoms with Gasteiger partial charge in [0.15, 0.2) is 0 Å². The molecule has 0 aliphatic carbocycles. The van der Waals surface area contributed by atoms with Gasteiger partial charge in [0.1, 0.15) is 0 Å². The molecule has 0 radical (unpaired) electrons. The first-order valence-corrected chi connectivity index (χ1v) is 7.39. The van der Waals surface area contributed by atoms with Crippen molar-refractivity contribution in [3.8, 4) is 0 Å². The highest BCUT2D eigenvalue weighted by Crippen LogP contribution is 2.12. The molecular formula is C9H18ClNO4S. The largest absolute Gasteiger partial charge is 0.385 e. The Morgan fingerprint density at radius 2 is 2.31 bits per heavy atom. The molecule has 96 valence electrons. The molecule has 1 aliphatic heterocycles. The van der Waals surface area contributed by atoms with Crippen LogP contribution in [0.15, 0.2) is 0 Å². The van der Waals surface area contributed by atoms with Crippen molar-refractivity contribution in [3.63, 3.8) is 0 Å². The number of alkyl halides is 1. The average molecular weight is 272 g/mol. The first-order chi connectivity index (χ1) is 7.60. The Kier molecular flexibility index (Phi) is 5.99. The second-order valence-corrected chi connectivity index (χ2v) is 6.06. The second kappa shape index (κ2) is 6.76. The third-order valence-corrected chi connectivity index (χ3v) is 4.68. The molecule has 0 aromatic rings. The van der Waals surface area contributed by atoms with E-state index >= 15 is 0 Å². The molecule has 1 rings (SSSR count). The molecule has 1 atom stereocenters. The van der Waals surface area contributed by atoms with Crippen molar-refractivity contribution in [1.29, 1.82) is 0 Å². The van der Waals surface area contributed by atoms with Gasteiger partial charge in [-0.2, -0.15) is 4.31 Å². The van der Waals surface area contributed by atoms with E-state index < -0.39 is 10.0 Å². The smallest absolute Gasteiger partial charge is 0.214 e. The van der Waals surface area contributed by atoms with E-state index in [0.717, 1.165) is 0 Å². The molecule has 7 heteroatoms.